The number of ether oxygens (including phenoxy) is 1. The first-order valence-corrected chi connectivity index (χ1v) is 6.92. The molecule has 0 aliphatic heterocycles. The van der Waals surface area contributed by atoms with Crippen LogP contribution in [-0.4, -0.2) is 12.4 Å². The summed E-state index contributed by atoms with van der Waals surface area (Å²) in [5.41, 5.74) is 0.925. The zero-order valence-corrected chi connectivity index (χ0v) is 12.0. The molecule has 0 saturated heterocycles. The number of hydrogen-bond donors (Lipinski definition) is 1. The van der Waals surface area contributed by atoms with Gasteiger partial charge in [0.1, 0.15) is 5.75 Å². The highest BCUT2D eigenvalue weighted by Gasteiger charge is 2.32. The maximum atomic E-state index is 12.1. The van der Waals surface area contributed by atoms with Gasteiger partial charge in [-0.1, -0.05) is 6.07 Å². The fraction of sp³-hybridized carbons (Fsp3) is 0.538. The molecule has 6 heteroatoms. The maximum Gasteiger partial charge on any atom is 0.573 e. The van der Waals surface area contributed by atoms with Crippen LogP contribution in [0.5, 0.6) is 5.75 Å². The quantitative estimate of drug-likeness (QED) is 0.867. The van der Waals surface area contributed by atoms with Crippen molar-refractivity contribution in [2.24, 2.45) is 5.92 Å². The summed E-state index contributed by atoms with van der Waals surface area (Å²) in [4.78, 5) is 0. The third-order valence-corrected chi connectivity index (χ3v) is 3.80. The van der Waals surface area contributed by atoms with Crippen LogP contribution >= 0.6 is 15.9 Å². The van der Waals surface area contributed by atoms with Gasteiger partial charge in [0.05, 0.1) is 4.47 Å². The summed E-state index contributed by atoms with van der Waals surface area (Å²) in [5, 5.41) is 3.37. The second kappa shape index (κ2) is 5.71. The smallest absolute Gasteiger partial charge is 0.405 e. The molecule has 1 aromatic carbocycles. The van der Waals surface area contributed by atoms with E-state index in [-0.39, 0.29) is 5.75 Å². The average molecular weight is 338 g/mol. The van der Waals surface area contributed by atoms with Crippen molar-refractivity contribution < 1.29 is 17.9 Å². The molecule has 1 aliphatic carbocycles. The molecule has 1 saturated carbocycles. The molecule has 2 nitrogen and oxygen atoms in total. The van der Waals surface area contributed by atoms with Crippen molar-refractivity contribution in [3.8, 4) is 5.75 Å². The van der Waals surface area contributed by atoms with E-state index in [1.807, 2.05) is 0 Å². The molecule has 19 heavy (non-hydrogen) atoms. The van der Waals surface area contributed by atoms with Crippen LogP contribution in [0, 0.1) is 5.92 Å². The fourth-order valence-corrected chi connectivity index (χ4v) is 2.41. The minimum atomic E-state index is -4.66. The molecule has 1 aromatic rings. The van der Waals surface area contributed by atoms with Gasteiger partial charge >= 0.3 is 6.36 Å². The first-order valence-electron chi connectivity index (χ1n) is 6.13. The molecule has 1 aliphatic rings. The fourth-order valence-electron chi connectivity index (χ4n) is 1.90. The van der Waals surface area contributed by atoms with Crippen molar-refractivity contribution in [1.29, 1.82) is 0 Å². The number of rotatable bonds is 5. The Kier molecular flexibility index (Phi) is 4.40. The van der Waals surface area contributed by atoms with Crippen molar-refractivity contribution in [3.05, 3.63) is 28.2 Å². The van der Waals surface area contributed by atoms with E-state index in [9.17, 15) is 13.2 Å². The number of benzene rings is 1. The highest BCUT2D eigenvalue weighted by atomic mass is 79.9. The maximum absolute atomic E-state index is 12.1. The number of halogens is 4. The van der Waals surface area contributed by atoms with Gasteiger partial charge in [0, 0.05) is 12.6 Å². The topological polar surface area (TPSA) is 21.3 Å². The average Bonchev–Trinajstić information content (AvgIpc) is 3.11. The van der Waals surface area contributed by atoms with Crippen LogP contribution in [0.1, 0.15) is 25.3 Å². The molecule has 0 radical (unpaired) electrons. The molecule has 0 spiro atoms. The molecule has 0 bridgehead atoms. The first-order chi connectivity index (χ1) is 8.85. The SMILES string of the molecule is CC(NCc1ccc(OC(F)(F)F)c(Br)c1)C1CC1. The lowest BCUT2D eigenvalue weighted by atomic mass is 10.1. The van der Waals surface area contributed by atoms with Gasteiger partial charge in [0.15, 0.2) is 0 Å². The van der Waals surface area contributed by atoms with E-state index >= 15 is 0 Å². The van der Waals surface area contributed by atoms with E-state index in [0.717, 1.165) is 11.5 Å². The third-order valence-electron chi connectivity index (χ3n) is 3.18. The third kappa shape index (κ3) is 4.69. The van der Waals surface area contributed by atoms with Gasteiger partial charge in [0.2, 0.25) is 0 Å². The summed E-state index contributed by atoms with van der Waals surface area (Å²) in [7, 11) is 0. The van der Waals surface area contributed by atoms with Gasteiger partial charge in [-0.05, 0) is 59.3 Å². The van der Waals surface area contributed by atoms with Gasteiger partial charge in [-0.25, -0.2) is 0 Å². The lowest BCUT2D eigenvalue weighted by Crippen LogP contribution is -2.27. The highest BCUT2D eigenvalue weighted by molar-refractivity contribution is 9.10. The van der Waals surface area contributed by atoms with Crippen LogP contribution in [0.4, 0.5) is 13.2 Å². The summed E-state index contributed by atoms with van der Waals surface area (Å²) in [6.07, 6.45) is -2.14. The molecule has 0 aromatic heterocycles. The summed E-state index contributed by atoms with van der Waals surface area (Å²) in [5.74, 6) is 0.530. The van der Waals surface area contributed by atoms with E-state index in [1.165, 1.54) is 18.9 Å². The second-order valence-electron chi connectivity index (χ2n) is 4.82. The Morgan fingerprint density at radius 2 is 2.11 bits per heavy atom. The van der Waals surface area contributed by atoms with E-state index in [4.69, 9.17) is 0 Å². The monoisotopic (exact) mass is 337 g/mol. The molecule has 0 amide bonds. The van der Waals surface area contributed by atoms with Gasteiger partial charge in [0.25, 0.3) is 0 Å². The van der Waals surface area contributed by atoms with Crippen LogP contribution < -0.4 is 10.1 Å². The van der Waals surface area contributed by atoms with Crippen LogP contribution in [0.25, 0.3) is 0 Å². The summed E-state index contributed by atoms with van der Waals surface area (Å²) in [6.45, 7) is 2.77. The van der Waals surface area contributed by atoms with Crippen molar-refractivity contribution in [3.63, 3.8) is 0 Å². The van der Waals surface area contributed by atoms with Crippen molar-refractivity contribution >= 4 is 15.9 Å². The number of alkyl halides is 3. The van der Waals surface area contributed by atoms with Gasteiger partial charge in [-0.15, -0.1) is 13.2 Å². The molecule has 0 heterocycles. The molecule has 106 valence electrons. The Bertz CT molecular complexity index is 446. The molecular formula is C13H15BrF3NO. The molecule has 1 unspecified atom stereocenters. The predicted molar refractivity (Wildman–Crippen MR) is 69.9 cm³/mol. The van der Waals surface area contributed by atoms with Crippen molar-refractivity contribution in [2.45, 2.75) is 38.7 Å². The van der Waals surface area contributed by atoms with Gasteiger partial charge in [-0.2, -0.15) is 0 Å². The molecule has 2 rings (SSSR count). The molecule has 1 atom stereocenters. The van der Waals surface area contributed by atoms with Gasteiger partial charge < -0.3 is 10.1 Å². The summed E-state index contributed by atoms with van der Waals surface area (Å²) < 4.78 is 40.6. The van der Waals surface area contributed by atoms with Gasteiger partial charge in [-0.3, -0.25) is 0 Å². The van der Waals surface area contributed by atoms with Crippen LogP contribution in [0.3, 0.4) is 0 Å². The predicted octanol–water partition coefficient (Wildman–Crippen LogP) is 4.24. The lowest BCUT2D eigenvalue weighted by Gasteiger charge is -2.14. The number of nitrogens with one attached hydrogen (secondary N) is 1. The minimum absolute atomic E-state index is 0.216. The zero-order chi connectivity index (χ0) is 14.0. The van der Waals surface area contributed by atoms with E-state index in [0.29, 0.717) is 17.1 Å². The van der Waals surface area contributed by atoms with Crippen molar-refractivity contribution in [2.75, 3.05) is 0 Å². The Morgan fingerprint density at radius 1 is 1.42 bits per heavy atom. The highest BCUT2D eigenvalue weighted by Crippen LogP contribution is 2.33. The lowest BCUT2D eigenvalue weighted by molar-refractivity contribution is -0.274. The number of hydrogen-bond acceptors (Lipinski definition) is 2. The second-order valence-corrected chi connectivity index (χ2v) is 5.67. The van der Waals surface area contributed by atoms with Crippen LogP contribution in [-0.2, 0) is 6.54 Å². The van der Waals surface area contributed by atoms with Crippen molar-refractivity contribution in [1.82, 2.24) is 5.32 Å². The normalized spacial score (nSPS) is 17.3. The molecule has 1 N–H and O–H groups in total. The first kappa shape index (κ1) is 14.7. The standard InChI is InChI=1S/C13H15BrF3NO/c1-8(10-3-4-10)18-7-9-2-5-12(11(14)6-9)19-13(15,16)17/h2,5-6,8,10,18H,3-4,7H2,1H3. The summed E-state index contributed by atoms with van der Waals surface area (Å²) >= 11 is 3.10. The Morgan fingerprint density at radius 3 is 2.63 bits per heavy atom. The largest absolute Gasteiger partial charge is 0.573 e. The molecular weight excluding hydrogens is 323 g/mol. The van der Waals surface area contributed by atoms with E-state index in [1.54, 1.807) is 12.1 Å². The van der Waals surface area contributed by atoms with Crippen LogP contribution in [0.15, 0.2) is 22.7 Å². The minimum Gasteiger partial charge on any atom is -0.405 e. The van der Waals surface area contributed by atoms with E-state index in [2.05, 4.69) is 32.9 Å². The Balaban J connectivity index is 1.94. The summed E-state index contributed by atoms with van der Waals surface area (Å²) in [6, 6.07) is 5.06. The molecule has 1 fully saturated rings. The van der Waals surface area contributed by atoms with Crippen LogP contribution in [0.2, 0.25) is 0 Å². The zero-order valence-electron chi connectivity index (χ0n) is 10.4. The van der Waals surface area contributed by atoms with E-state index < -0.39 is 6.36 Å². The Labute approximate surface area is 118 Å². The Hall–Kier alpha value is -0.750.